The van der Waals surface area contributed by atoms with E-state index in [0.717, 1.165) is 25.1 Å². The second-order valence-electron chi connectivity index (χ2n) is 5.11. The molecule has 4 nitrogen and oxygen atoms in total. The molecule has 1 aliphatic rings. The number of amides is 1. The first-order chi connectivity index (χ1) is 8.47. The number of rotatable bonds is 3. The molecule has 1 amide bonds. The van der Waals surface area contributed by atoms with Gasteiger partial charge in [0.05, 0.1) is 17.0 Å². The van der Waals surface area contributed by atoms with Crippen LogP contribution in [-0.2, 0) is 0 Å². The average molecular weight is 312 g/mol. The highest BCUT2D eigenvalue weighted by Gasteiger charge is 2.29. The molecule has 1 heterocycles. The molecule has 1 aliphatic carbocycles. The van der Waals surface area contributed by atoms with Crippen molar-refractivity contribution in [2.24, 2.45) is 5.92 Å². The van der Waals surface area contributed by atoms with Crippen molar-refractivity contribution in [3.8, 4) is 0 Å². The molecule has 0 aromatic carbocycles. The van der Waals surface area contributed by atoms with E-state index in [4.69, 9.17) is 0 Å². The Balaban J connectivity index is 2.03. The molecule has 0 spiro atoms. The molecule has 0 radical (unpaired) electrons. The number of aromatic nitrogens is 2. The molecule has 98 valence electrons. The lowest BCUT2D eigenvalue weighted by Gasteiger charge is -2.34. The molecular formula is C13H18BrN3O. The minimum Gasteiger partial charge on any atom is -0.341 e. The van der Waals surface area contributed by atoms with Gasteiger partial charge in [-0.3, -0.25) is 4.79 Å². The number of alkyl halides is 1. The molecule has 0 atom stereocenters. The van der Waals surface area contributed by atoms with Gasteiger partial charge >= 0.3 is 0 Å². The van der Waals surface area contributed by atoms with Crippen LogP contribution >= 0.6 is 15.9 Å². The van der Waals surface area contributed by atoms with E-state index in [0.29, 0.717) is 22.0 Å². The first kappa shape index (κ1) is 13.5. The van der Waals surface area contributed by atoms with Crippen LogP contribution in [0.3, 0.4) is 0 Å². The van der Waals surface area contributed by atoms with Gasteiger partial charge in [-0.1, -0.05) is 15.9 Å². The fourth-order valence-corrected chi connectivity index (χ4v) is 3.30. The number of hydrogen-bond donors (Lipinski definition) is 0. The van der Waals surface area contributed by atoms with Crippen molar-refractivity contribution in [3.63, 3.8) is 0 Å². The van der Waals surface area contributed by atoms with E-state index in [1.54, 1.807) is 4.90 Å². The Bertz CT molecular complexity index is 458. The van der Waals surface area contributed by atoms with Crippen LogP contribution in [0.2, 0.25) is 0 Å². The van der Waals surface area contributed by atoms with E-state index in [9.17, 15) is 4.79 Å². The SMILES string of the molecule is Cc1cc(C(=O)N(C)CC2CC(Br)C2)c(C)nn1. The van der Waals surface area contributed by atoms with Gasteiger partial charge in [-0.15, -0.1) is 0 Å². The first-order valence-electron chi connectivity index (χ1n) is 6.18. The first-order valence-corrected chi connectivity index (χ1v) is 7.09. The van der Waals surface area contributed by atoms with Crippen LogP contribution in [0.15, 0.2) is 6.07 Å². The van der Waals surface area contributed by atoms with Crippen molar-refractivity contribution < 1.29 is 4.79 Å². The summed E-state index contributed by atoms with van der Waals surface area (Å²) >= 11 is 3.57. The zero-order valence-electron chi connectivity index (χ0n) is 11.0. The summed E-state index contributed by atoms with van der Waals surface area (Å²) in [5.74, 6) is 0.669. The normalized spacial score (nSPS) is 22.4. The highest BCUT2D eigenvalue weighted by atomic mass is 79.9. The summed E-state index contributed by atoms with van der Waals surface area (Å²) in [5, 5.41) is 7.95. The number of carbonyl (C=O) groups is 1. The van der Waals surface area contributed by atoms with Crippen LogP contribution in [0, 0.1) is 19.8 Å². The Morgan fingerprint density at radius 3 is 2.72 bits per heavy atom. The van der Waals surface area contributed by atoms with Crippen molar-refractivity contribution in [1.29, 1.82) is 0 Å². The van der Waals surface area contributed by atoms with E-state index in [-0.39, 0.29) is 5.91 Å². The molecule has 0 N–H and O–H groups in total. The maximum absolute atomic E-state index is 12.3. The summed E-state index contributed by atoms with van der Waals surface area (Å²) in [5.41, 5.74) is 2.14. The van der Waals surface area contributed by atoms with Gasteiger partial charge in [0.25, 0.3) is 5.91 Å². The van der Waals surface area contributed by atoms with Crippen LogP contribution in [0.5, 0.6) is 0 Å². The molecule has 0 saturated heterocycles. The van der Waals surface area contributed by atoms with E-state index in [1.807, 2.05) is 27.0 Å². The monoisotopic (exact) mass is 311 g/mol. The number of hydrogen-bond acceptors (Lipinski definition) is 3. The van der Waals surface area contributed by atoms with Crippen molar-refractivity contribution in [2.75, 3.05) is 13.6 Å². The second kappa shape index (κ2) is 5.34. The molecule has 1 saturated carbocycles. The molecule has 2 rings (SSSR count). The van der Waals surface area contributed by atoms with Crippen molar-refractivity contribution >= 4 is 21.8 Å². The van der Waals surface area contributed by atoms with E-state index >= 15 is 0 Å². The van der Waals surface area contributed by atoms with E-state index in [1.165, 1.54) is 0 Å². The third kappa shape index (κ3) is 2.88. The quantitative estimate of drug-likeness (QED) is 0.805. The third-order valence-electron chi connectivity index (χ3n) is 3.39. The van der Waals surface area contributed by atoms with Gasteiger partial charge in [0.15, 0.2) is 0 Å². The Hall–Kier alpha value is -0.970. The molecule has 1 fully saturated rings. The standard InChI is InChI=1S/C13H18BrN3O/c1-8-4-12(9(2)16-15-8)13(18)17(3)7-10-5-11(14)6-10/h4,10-11H,5-7H2,1-3H3. The predicted molar refractivity (Wildman–Crippen MR) is 73.9 cm³/mol. The Morgan fingerprint density at radius 1 is 1.44 bits per heavy atom. The molecule has 5 heteroatoms. The van der Waals surface area contributed by atoms with Gasteiger partial charge in [-0.2, -0.15) is 10.2 Å². The number of aryl methyl sites for hydroxylation is 2. The molecular weight excluding hydrogens is 294 g/mol. The fraction of sp³-hybridized carbons (Fsp3) is 0.615. The van der Waals surface area contributed by atoms with E-state index < -0.39 is 0 Å². The molecule has 0 unspecified atom stereocenters. The van der Waals surface area contributed by atoms with Crippen LogP contribution in [-0.4, -0.2) is 39.4 Å². The lowest BCUT2D eigenvalue weighted by molar-refractivity contribution is 0.0747. The van der Waals surface area contributed by atoms with Crippen molar-refractivity contribution in [2.45, 2.75) is 31.5 Å². The fourth-order valence-electron chi connectivity index (χ4n) is 2.25. The number of nitrogens with zero attached hydrogens (tertiary/aromatic N) is 3. The summed E-state index contributed by atoms with van der Waals surface area (Å²) < 4.78 is 0. The zero-order valence-corrected chi connectivity index (χ0v) is 12.6. The van der Waals surface area contributed by atoms with Gasteiger partial charge in [0.2, 0.25) is 0 Å². The molecule has 1 aromatic heterocycles. The zero-order chi connectivity index (χ0) is 13.3. The van der Waals surface area contributed by atoms with Gasteiger partial charge < -0.3 is 4.90 Å². The minimum absolute atomic E-state index is 0.0449. The van der Waals surface area contributed by atoms with Gasteiger partial charge in [-0.25, -0.2) is 0 Å². The van der Waals surface area contributed by atoms with Crippen LogP contribution in [0.4, 0.5) is 0 Å². The Morgan fingerprint density at radius 2 is 2.11 bits per heavy atom. The molecule has 0 aliphatic heterocycles. The second-order valence-corrected chi connectivity index (χ2v) is 6.40. The van der Waals surface area contributed by atoms with Crippen LogP contribution in [0.25, 0.3) is 0 Å². The summed E-state index contributed by atoms with van der Waals surface area (Å²) in [7, 11) is 1.86. The lowest BCUT2D eigenvalue weighted by Crippen LogP contribution is -2.38. The third-order valence-corrected chi connectivity index (χ3v) is 4.14. The predicted octanol–water partition coefficient (Wildman–Crippen LogP) is 2.34. The van der Waals surface area contributed by atoms with Crippen LogP contribution in [0.1, 0.15) is 34.6 Å². The largest absolute Gasteiger partial charge is 0.341 e. The van der Waals surface area contributed by atoms with Gasteiger partial charge in [0, 0.05) is 18.4 Å². The molecule has 0 bridgehead atoms. The average Bonchev–Trinajstić information content (AvgIpc) is 2.29. The Kier molecular flexibility index (Phi) is 4.00. The summed E-state index contributed by atoms with van der Waals surface area (Å²) in [6.07, 6.45) is 2.31. The van der Waals surface area contributed by atoms with E-state index in [2.05, 4.69) is 26.1 Å². The highest BCUT2D eigenvalue weighted by Crippen LogP contribution is 2.33. The maximum Gasteiger partial charge on any atom is 0.255 e. The lowest BCUT2D eigenvalue weighted by atomic mass is 9.85. The summed E-state index contributed by atoms with van der Waals surface area (Å²) in [6, 6.07) is 1.81. The van der Waals surface area contributed by atoms with Crippen molar-refractivity contribution in [1.82, 2.24) is 15.1 Å². The van der Waals surface area contributed by atoms with Gasteiger partial charge in [-0.05, 0) is 38.7 Å². The minimum atomic E-state index is 0.0449. The smallest absolute Gasteiger partial charge is 0.255 e. The summed E-state index contributed by atoms with van der Waals surface area (Å²) in [4.78, 5) is 14.8. The highest BCUT2D eigenvalue weighted by molar-refractivity contribution is 9.09. The molecule has 18 heavy (non-hydrogen) atoms. The number of halogens is 1. The number of carbonyl (C=O) groups excluding carboxylic acids is 1. The van der Waals surface area contributed by atoms with Crippen LogP contribution < -0.4 is 0 Å². The topological polar surface area (TPSA) is 46.1 Å². The van der Waals surface area contributed by atoms with Crippen molar-refractivity contribution in [3.05, 3.63) is 23.0 Å². The maximum atomic E-state index is 12.3. The Labute approximate surface area is 116 Å². The molecule has 1 aromatic rings. The summed E-state index contributed by atoms with van der Waals surface area (Å²) in [6.45, 7) is 4.50. The van der Waals surface area contributed by atoms with Gasteiger partial charge in [0.1, 0.15) is 0 Å².